The number of hydrogen-bond acceptors (Lipinski definition) is 8. The summed E-state index contributed by atoms with van der Waals surface area (Å²) in [6.07, 6.45) is 2.15. The van der Waals surface area contributed by atoms with Crippen LogP contribution in [0.1, 0.15) is 19.8 Å². The molecule has 2 N–H and O–H groups in total. The smallest absolute Gasteiger partial charge is 0.320 e. The summed E-state index contributed by atoms with van der Waals surface area (Å²) in [5, 5.41) is 14.8. The van der Waals surface area contributed by atoms with Crippen molar-refractivity contribution in [2.24, 2.45) is 0 Å². The third-order valence-electron chi connectivity index (χ3n) is 7.62. The van der Waals surface area contributed by atoms with E-state index in [1.807, 2.05) is 0 Å². The molecule has 2 atom stereocenters. The number of rotatable bonds is 5. The maximum absolute atomic E-state index is 15.7. The Bertz CT molecular complexity index is 1520. The van der Waals surface area contributed by atoms with Crippen LogP contribution >= 0.6 is 0 Å². The van der Waals surface area contributed by atoms with Crippen LogP contribution < -0.4 is 15.0 Å². The standard InChI is InChI=1S/C28H30F2N6O2/c1-16-14-31-8-10-36(16)27-21-13-23(30)25(20-12-19(37)11-17-5-3-7-22(29)24(17)20)32-26(21)33-28(34-27)38-15-18-6-4-9-35(18)2/h3,5,7,11-13,16,18,31,37H,4,6,8-10,14-15H2,1-2H3. The summed E-state index contributed by atoms with van der Waals surface area (Å²) in [7, 11) is 2.07. The summed E-state index contributed by atoms with van der Waals surface area (Å²) in [5.74, 6) is -0.728. The number of ether oxygens (including phenoxy) is 1. The summed E-state index contributed by atoms with van der Waals surface area (Å²) >= 11 is 0. The van der Waals surface area contributed by atoms with Gasteiger partial charge in [-0.3, -0.25) is 0 Å². The third-order valence-corrected chi connectivity index (χ3v) is 7.62. The van der Waals surface area contributed by atoms with E-state index in [0.717, 1.165) is 32.5 Å². The van der Waals surface area contributed by atoms with Gasteiger partial charge in [-0.05, 0) is 63.0 Å². The van der Waals surface area contributed by atoms with Gasteiger partial charge in [-0.1, -0.05) is 12.1 Å². The third kappa shape index (κ3) is 4.48. The molecule has 38 heavy (non-hydrogen) atoms. The zero-order chi connectivity index (χ0) is 26.4. The molecule has 4 aromatic rings. The Morgan fingerprint density at radius 3 is 2.76 bits per heavy atom. The highest BCUT2D eigenvalue weighted by molar-refractivity contribution is 5.99. The Balaban J connectivity index is 1.51. The number of likely N-dealkylation sites (tertiary alicyclic amines) is 1. The zero-order valence-electron chi connectivity index (χ0n) is 21.4. The molecule has 2 fully saturated rings. The van der Waals surface area contributed by atoms with Gasteiger partial charge in [0.1, 0.15) is 35.5 Å². The van der Waals surface area contributed by atoms with E-state index in [9.17, 15) is 9.50 Å². The van der Waals surface area contributed by atoms with Crippen LogP contribution in [-0.4, -0.2) is 76.9 Å². The van der Waals surface area contributed by atoms with Crippen molar-refractivity contribution < 1.29 is 18.6 Å². The molecule has 0 aliphatic carbocycles. The van der Waals surface area contributed by atoms with Gasteiger partial charge in [0.2, 0.25) is 0 Å². The molecule has 10 heteroatoms. The van der Waals surface area contributed by atoms with Crippen LogP contribution in [0.4, 0.5) is 14.6 Å². The van der Waals surface area contributed by atoms with Crippen molar-refractivity contribution >= 4 is 27.6 Å². The van der Waals surface area contributed by atoms with Crippen molar-refractivity contribution in [3.8, 4) is 23.0 Å². The molecule has 2 aliphatic rings. The average Bonchev–Trinajstić information content (AvgIpc) is 3.31. The minimum Gasteiger partial charge on any atom is -0.508 e. The Morgan fingerprint density at radius 1 is 1.11 bits per heavy atom. The molecule has 2 saturated heterocycles. The molecule has 0 bridgehead atoms. The van der Waals surface area contributed by atoms with Crippen molar-refractivity contribution in [2.75, 3.05) is 44.7 Å². The van der Waals surface area contributed by atoms with Crippen molar-refractivity contribution in [2.45, 2.75) is 31.8 Å². The van der Waals surface area contributed by atoms with Gasteiger partial charge in [0.25, 0.3) is 0 Å². The Kier molecular flexibility index (Phi) is 6.45. The molecule has 6 rings (SSSR count). The van der Waals surface area contributed by atoms with Crippen LogP contribution in [0.25, 0.3) is 33.1 Å². The first kappa shape index (κ1) is 24.7. The first-order valence-corrected chi connectivity index (χ1v) is 13.0. The SMILES string of the molecule is CC1CNCCN1c1nc(OCC2CCCN2C)nc2nc(-c3cc(O)cc4cccc(F)c34)c(F)cc12. The molecule has 0 amide bonds. The fraction of sp³-hybridized carbons (Fsp3) is 0.393. The van der Waals surface area contributed by atoms with Crippen LogP contribution in [0.2, 0.25) is 0 Å². The second-order valence-corrected chi connectivity index (χ2v) is 10.2. The highest BCUT2D eigenvalue weighted by atomic mass is 19.1. The number of phenols is 1. The van der Waals surface area contributed by atoms with Gasteiger partial charge < -0.3 is 25.0 Å². The zero-order valence-corrected chi connectivity index (χ0v) is 21.4. The van der Waals surface area contributed by atoms with E-state index >= 15 is 4.39 Å². The summed E-state index contributed by atoms with van der Waals surface area (Å²) in [6, 6.07) is 9.21. The van der Waals surface area contributed by atoms with E-state index < -0.39 is 11.6 Å². The first-order valence-electron chi connectivity index (χ1n) is 13.0. The summed E-state index contributed by atoms with van der Waals surface area (Å²) < 4.78 is 36.7. The van der Waals surface area contributed by atoms with Crippen LogP contribution in [0.5, 0.6) is 11.8 Å². The lowest BCUT2D eigenvalue weighted by atomic mass is 10.00. The topological polar surface area (TPSA) is 86.6 Å². The summed E-state index contributed by atoms with van der Waals surface area (Å²) in [6.45, 7) is 5.75. The minimum atomic E-state index is -0.651. The van der Waals surface area contributed by atoms with Gasteiger partial charge >= 0.3 is 6.01 Å². The quantitative estimate of drug-likeness (QED) is 0.407. The molecule has 2 aliphatic heterocycles. The number of piperazine rings is 1. The number of likely N-dealkylation sites (N-methyl/N-ethyl adjacent to an activating group) is 1. The van der Waals surface area contributed by atoms with E-state index in [1.54, 1.807) is 12.1 Å². The van der Waals surface area contributed by atoms with Crippen LogP contribution in [0.3, 0.4) is 0 Å². The monoisotopic (exact) mass is 520 g/mol. The molecule has 2 aromatic carbocycles. The van der Waals surface area contributed by atoms with Gasteiger partial charge in [0.15, 0.2) is 5.65 Å². The van der Waals surface area contributed by atoms with Gasteiger partial charge in [0, 0.05) is 42.7 Å². The van der Waals surface area contributed by atoms with Crippen molar-refractivity contribution in [3.63, 3.8) is 0 Å². The molecule has 0 saturated carbocycles. The predicted octanol–water partition coefficient (Wildman–Crippen LogP) is 4.10. The Morgan fingerprint density at radius 2 is 1.97 bits per heavy atom. The normalized spacial score (nSPS) is 20.5. The average molecular weight is 521 g/mol. The van der Waals surface area contributed by atoms with Crippen molar-refractivity contribution in [3.05, 3.63) is 48.0 Å². The number of aromatic hydroxyl groups is 1. The minimum absolute atomic E-state index is 0.0945. The number of pyridine rings is 1. The molecule has 2 aromatic heterocycles. The van der Waals surface area contributed by atoms with Gasteiger partial charge in [0.05, 0.1) is 5.39 Å². The lowest BCUT2D eigenvalue weighted by Crippen LogP contribution is -2.50. The number of fused-ring (bicyclic) bond motifs is 2. The second-order valence-electron chi connectivity index (χ2n) is 10.2. The number of nitrogens with one attached hydrogen (secondary N) is 1. The number of aromatic nitrogens is 3. The van der Waals surface area contributed by atoms with Crippen molar-refractivity contribution in [1.82, 2.24) is 25.2 Å². The Labute approximate surface area is 219 Å². The number of hydrogen-bond donors (Lipinski definition) is 2. The van der Waals surface area contributed by atoms with E-state index in [2.05, 4.69) is 39.1 Å². The van der Waals surface area contributed by atoms with E-state index in [4.69, 9.17) is 9.72 Å². The van der Waals surface area contributed by atoms with Crippen LogP contribution in [-0.2, 0) is 0 Å². The van der Waals surface area contributed by atoms with Crippen molar-refractivity contribution in [1.29, 1.82) is 0 Å². The number of nitrogens with zero attached hydrogens (tertiary/aromatic N) is 5. The molecule has 4 heterocycles. The fourth-order valence-electron chi connectivity index (χ4n) is 5.54. The van der Waals surface area contributed by atoms with Gasteiger partial charge in [-0.25, -0.2) is 13.8 Å². The molecule has 8 nitrogen and oxygen atoms in total. The van der Waals surface area contributed by atoms with E-state index in [-0.39, 0.29) is 46.1 Å². The van der Waals surface area contributed by atoms with E-state index in [0.29, 0.717) is 29.7 Å². The summed E-state index contributed by atoms with van der Waals surface area (Å²) in [4.78, 5) is 18.2. The van der Waals surface area contributed by atoms with Crippen LogP contribution in [0, 0.1) is 11.6 Å². The fourth-order valence-corrected chi connectivity index (χ4v) is 5.54. The largest absolute Gasteiger partial charge is 0.508 e. The van der Waals surface area contributed by atoms with E-state index in [1.165, 1.54) is 24.3 Å². The molecule has 0 radical (unpaired) electrons. The second kappa shape index (κ2) is 9.92. The van der Waals surface area contributed by atoms with Crippen LogP contribution in [0.15, 0.2) is 36.4 Å². The number of halogens is 2. The highest BCUT2D eigenvalue weighted by Gasteiger charge is 2.27. The number of benzene rings is 2. The van der Waals surface area contributed by atoms with Gasteiger partial charge in [-0.2, -0.15) is 9.97 Å². The molecule has 198 valence electrons. The number of phenolic OH excluding ortho intramolecular Hbond substituents is 1. The molecule has 2 unspecified atom stereocenters. The maximum Gasteiger partial charge on any atom is 0.320 e. The van der Waals surface area contributed by atoms with Gasteiger partial charge in [-0.15, -0.1) is 0 Å². The highest BCUT2D eigenvalue weighted by Crippen LogP contribution is 2.37. The predicted molar refractivity (Wildman–Crippen MR) is 143 cm³/mol. The molecular formula is C28H30F2N6O2. The number of anilines is 1. The molecular weight excluding hydrogens is 490 g/mol. The first-order chi connectivity index (χ1) is 18.4. The lowest BCUT2D eigenvalue weighted by Gasteiger charge is -2.35. The lowest BCUT2D eigenvalue weighted by molar-refractivity contribution is 0.188. The molecule has 0 spiro atoms. The summed E-state index contributed by atoms with van der Waals surface area (Å²) in [5.41, 5.74) is 0.311. The maximum atomic E-state index is 15.7. The Hall–Kier alpha value is -3.63.